The highest BCUT2D eigenvalue weighted by Gasteiger charge is 2.34. The Labute approximate surface area is 172 Å². The number of amides is 1. The van der Waals surface area contributed by atoms with Crippen molar-refractivity contribution in [2.75, 3.05) is 23.9 Å². The van der Waals surface area contributed by atoms with E-state index in [0.29, 0.717) is 0 Å². The molecule has 0 aliphatic carbocycles. The molecule has 0 spiro atoms. The Morgan fingerprint density at radius 2 is 1.83 bits per heavy atom. The number of benzene rings is 1. The quantitative estimate of drug-likeness (QED) is 0.608. The van der Waals surface area contributed by atoms with Crippen molar-refractivity contribution >= 4 is 28.3 Å². The minimum absolute atomic E-state index is 0.0858. The summed E-state index contributed by atoms with van der Waals surface area (Å²) >= 11 is 0. The van der Waals surface area contributed by atoms with E-state index >= 15 is 0 Å². The second-order valence-electron chi connectivity index (χ2n) is 8.23. The monoisotopic (exact) mass is 388 g/mol. The van der Waals surface area contributed by atoms with E-state index in [0.717, 1.165) is 63.2 Å². The van der Waals surface area contributed by atoms with E-state index in [4.69, 9.17) is 4.98 Å². The molecule has 0 saturated heterocycles. The standard InChI is InChI=1S/C24H28N4O/c1-7-8-16(4)28-20-12-15(3)26-23-17(9-10-18(22(20)23)24(28)29)19-13-25-21(27(5)6)11-14(19)2/h9-13,16H,7-8H2,1-6H3. The van der Waals surface area contributed by atoms with E-state index in [9.17, 15) is 4.79 Å². The van der Waals surface area contributed by atoms with Crippen LogP contribution < -0.4 is 9.80 Å². The second kappa shape index (κ2) is 7.14. The topological polar surface area (TPSA) is 49.3 Å². The van der Waals surface area contributed by atoms with Crippen LogP contribution >= 0.6 is 0 Å². The van der Waals surface area contributed by atoms with Crippen molar-refractivity contribution < 1.29 is 4.79 Å². The molecule has 1 amide bonds. The molecule has 5 heteroatoms. The Morgan fingerprint density at radius 3 is 2.48 bits per heavy atom. The van der Waals surface area contributed by atoms with Crippen LogP contribution in [0.2, 0.25) is 0 Å². The lowest BCUT2D eigenvalue weighted by Gasteiger charge is -2.25. The molecule has 3 heterocycles. The lowest BCUT2D eigenvalue weighted by molar-refractivity contribution is 0.0984. The third kappa shape index (κ3) is 3.05. The zero-order valence-electron chi connectivity index (χ0n) is 18.1. The first-order valence-corrected chi connectivity index (χ1v) is 10.3. The summed E-state index contributed by atoms with van der Waals surface area (Å²) in [5, 5.41) is 0.970. The van der Waals surface area contributed by atoms with E-state index in [1.165, 1.54) is 0 Å². The van der Waals surface area contributed by atoms with E-state index in [1.54, 1.807) is 0 Å². The first kappa shape index (κ1) is 19.4. The van der Waals surface area contributed by atoms with Crippen molar-refractivity contribution in [1.82, 2.24) is 9.97 Å². The largest absolute Gasteiger partial charge is 0.363 e. The van der Waals surface area contributed by atoms with Gasteiger partial charge in [-0.05, 0) is 51.0 Å². The molecule has 1 unspecified atom stereocenters. The maximum Gasteiger partial charge on any atom is 0.259 e. The van der Waals surface area contributed by atoms with Gasteiger partial charge in [0.05, 0.1) is 16.8 Å². The minimum Gasteiger partial charge on any atom is -0.363 e. The highest BCUT2D eigenvalue weighted by molar-refractivity contribution is 6.26. The van der Waals surface area contributed by atoms with Crippen molar-refractivity contribution in [1.29, 1.82) is 0 Å². The fourth-order valence-corrected chi connectivity index (χ4v) is 4.32. The molecular weight excluding hydrogens is 360 g/mol. The van der Waals surface area contributed by atoms with Crippen LogP contribution in [0.1, 0.15) is 48.3 Å². The predicted molar refractivity (Wildman–Crippen MR) is 120 cm³/mol. The van der Waals surface area contributed by atoms with Crippen molar-refractivity contribution in [3.05, 3.63) is 47.3 Å². The van der Waals surface area contributed by atoms with Gasteiger partial charge in [0.15, 0.2) is 0 Å². The zero-order chi connectivity index (χ0) is 20.9. The zero-order valence-corrected chi connectivity index (χ0v) is 18.1. The summed E-state index contributed by atoms with van der Waals surface area (Å²) < 4.78 is 0. The van der Waals surface area contributed by atoms with Crippen LogP contribution in [0.5, 0.6) is 0 Å². The van der Waals surface area contributed by atoms with Gasteiger partial charge in [-0.3, -0.25) is 9.78 Å². The molecule has 0 radical (unpaired) electrons. The number of rotatable bonds is 5. The molecule has 0 saturated carbocycles. The molecule has 150 valence electrons. The van der Waals surface area contributed by atoms with Crippen molar-refractivity contribution in [3.8, 4) is 11.1 Å². The van der Waals surface area contributed by atoms with Crippen molar-refractivity contribution in [2.24, 2.45) is 0 Å². The van der Waals surface area contributed by atoms with Crippen LogP contribution in [-0.4, -0.2) is 36.0 Å². The summed E-state index contributed by atoms with van der Waals surface area (Å²) in [5.41, 5.74) is 6.78. The Morgan fingerprint density at radius 1 is 1.10 bits per heavy atom. The summed E-state index contributed by atoms with van der Waals surface area (Å²) in [4.78, 5) is 26.7. The van der Waals surface area contributed by atoms with Gasteiger partial charge in [-0.2, -0.15) is 0 Å². The third-order valence-electron chi connectivity index (χ3n) is 5.77. The lowest BCUT2D eigenvalue weighted by Crippen LogP contribution is -2.35. The average molecular weight is 389 g/mol. The Balaban J connectivity index is 1.95. The molecule has 5 nitrogen and oxygen atoms in total. The third-order valence-corrected chi connectivity index (χ3v) is 5.77. The molecule has 2 aromatic heterocycles. The molecule has 1 aliphatic heterocycles. The molecule has 0 bridgehead atoms. The number of anilines is 2. The van der Waals surface area contributed by atoms with Gasteiger partial charge in [-0.1, -0.05) is 19.4 Å². The Bertz CT molecular complexity index is 1120. The van der Waals surface area contributed by atoms with Gasteiger partial charge in [0.2, 0.25) is 0 Å². The number of pyridine rings is 2. The summed E-state index contributed by atoms with van der Waals surface area (Å²) in [7, 11) is 3.98. The van der Waals surface area contributed by atoms with E-state index in [1.807, 2.05) is 55.2 Å². The summed E-state index contributed by atoms with van der Waals surface area (Å²) in [6, 6.07) is 8.28. The maximum atomic E-state index is 13.2. The minimum atomic E-state index is 0.0858. The van der Waals surface area contributed by atoms with Gasteiger partial charge in [0, 0.05) is 48.5 Å². The molecule has 1 aliphatic rings. The molecular formula is C24H28N4O. The molecule has 1 atom stereocenters. The molecule has 0 N–H and O–H groups in total. The second-order valence-corrected chi connectivity index (χ2v) is 8.23. The number of hydrogen-bond acceptors (Lipinski definition) is 4. The fourth-order valence-electron chi connectivity index (χ4n) is 4.32. The number of nitrogens with zero attached hydrogens (tertiary/aromatic N) is 4. The molecule has 3 aromatic rings. The highest BCUT2D eigenvalue weighted by Crippen LogP contribution is 2.43. The van der Waals surface area contributed by atoms with Crippen LogP contribution in [-0.2, 0) is 0 Å². The van der Waals surface area contributed by atoms with Crippen molar-refractivity contribution in [2.45, 2.75) is 46.6 Å². The number of aromatic nitrogens is 2. The number of hydrogen-bond donors (Lipinski definition) is 0. The Hall–Kier alpha value is -2.95. The van der Waals surface area contributed by atoms with E-state index in [-0.39, 0.29) is 11.9 Å². The van der Waals surface area contributed by atoms with Gasteiger partial charge in [0.1, 0.15) is 5.82 Å². The highest BCUT2D eigenvalue weighted by atomic mass is 16.2. The average Bonchev–Trinajstić information content (AvgIpc) is 2.95. The molecule has 1 aromatic carbocycles. The van der Waals surface area contributed by atoms with Gasteiger partial charge in [-0.15, -0.1) is 0 Å². The maximum absolute atomic E-state index is 13.2. The van der Waals surface area contributed by atoms with Crippen LogP contribution in [0.3, 0.4) is 0 Å². The van der Waals surface area contributed by atoms with Crippen LogP contribution in [0.25, 0.3) is 22.0 Å². The van der Waals surface area contributed by atoms with Crippen molar-refractivity contribution in [3.63, 3.8) is 0 Å². The van der Waals surface area contributed by atoms with Gasteiger partial charge in [0.25, 0.3) is 5.91 Å². The first-order chi connectivity index (χ1) is 13.8. The smallest absolute Gasteiger partial charge is 0.259 e. The number of aryl methyl sites for hydroxylation is 2. The summed E-state index contributed by atoms with van der Waals surface area (Å²) in [5.74, 6) is 1.01. The predicted octanol–water partition coefficient (Wildman–Crippen LogP) is 5.13. The fraction of sp³-hybridized carbons (Fsp3) is 0.375. The van der Waals surface area contributed by atoms with Crippen LogP contribution in [0, 0.1) is 13.8 Å². The SMILES string of the molecule is CCCC(C)N1C(=O)c2ccc(-c3cnc(N(C)C)cc3C)c3nc(C)cc1c23. The summed E-state index contributed by atoms with van der Waals surface area (Å²) in [6.07, 6.45) is 3.94. The number of carbonyl (C=O) groups excluding carboxylic acids is 1. The van der Waals surface area contributed by atoms with Gasteiger partial charge < -0.3 is 9.80 Å². The normalized spacial score (nSPS) is 14.0. The van der Waals surface area contributed by atoms with Crippen LogP contribution in [0.4, 0.5) is 11.5 Å². The molecule has 4 rings (SSSR count). The van der Waals surface area contributed by atoms with Crippen LogP contribution in [0.15, 0.2) is 30.5 Å². The Kier molecular flexibility index (Phi) is 4.77. The summed E-state index contributed by atoms with van der Waals surface area (Å²) in [6.45, 7) is 8.38. The van der Waals surface area contributed by atoms with E-state index < -0.39 is 0 Å². The van der Waals surface area contributed by atoms with Gasteiger partial charge >= 0.3 is 0 Å². The first-order valence-electron chi connectivity index (χ1n) is 10.3. The van der Waals surface area contributed by atoms with E-state index in [2.05, 4.69) is 31.8 Å². The number of carbonyl (C=O) groups is 1. The van der Waals surface area contributed by atoms with Gasteiger partial charge in [-0.25, -0.2) is 4.98 Å². The lowest BCUT2D eigenvalue weighted by atomic mass is 9.97. The molecule has 0 fully saturated rings. The molecule has 29 heavy (non-hydrogen) atoms.